The quantitative estimate of drug-likeness (QED) is 0.501. The molecule has 100 valence electrons. The molecule has 0 fully saturated rings. The maximum Gasteiger partial charge on any atom is 0.294 e. The van der Waals surface area contributed by atoms with Gasteiger partial charge in [0.15, 0.2) is 0 Å². The summed E-state index contributed by atoms with van der Waals surface area (Å²) in [5.74, 6) is 5.42. The Morgan fingerprint density at radius 3 is 2.17 bits per heavy atom. The first-order chi connectivity index (χ1) is 8.52. The molecule has 0 bridgehead atoms. The molecular weight excluding hydrogens is 252 g/mol. The molecule has 1 rings (SSSR count). The minimum atomic E-state index is -4.00. The van der Waals surface area contributed by atoms with E-state index in [2.05, 4.69) is 18.8 Å². The lowest BCUT2D eigenvalue weighted by atomic mass is 10.2. The van der Waals surface area contributed by atoms with Crippen LogP contribution in [0.1, 0.15) is 26.2 Å². The van der Waals surface area contributed by atoms with Crippen LogP contribution in [0.4, 0.5) is 0 Å². The first kappa shape index (κ1) is 16.6. The van der Waals surface area contributed by atoms with Crippen molar-refractivity contribution in [2.75, 3.05) is 6.61 Å². The van der Waals surface area contributed by atoms with Gasteiger partial charge in [-0.25, -0.2) is 0 Å². The molecule has 0 atom stereocenters. The molecule has 0 spiro atoms. The van der Waals surface area contributed by atoms with Gasteiger partial charge < -0.3 is 5.11 Å². The van der Waals surface area contributed by atoms with Crippen LogP contribution in [0.5, 0.6) is 0 Å². The van der Waals surface area contributed by atoms with Gasteiger partial charge in [-0.2, -0.15) is 8.42 Å². The van der Waals surface area contributed by atoms with Crippen LogP contribution in [-0.2, 0) is 10.1 Å². The van der Waals surface area contributed by atoms with E-state index in [0.717, 1.165) is 12.8 Å². The van der Waals surface area contributed by atoms with Crippen LogP contribution in [0, 0.1) is 11.8 Å². The zero-order chi connectivity index (χ0) is 13.9. The minimum absolute atomic E-state index is 0.00368. The summed E-state index contributed by atoms with van der Waals surface area (Å²) in [6.07, 6.45) is 3.25. The number of hydrogen-bond donors (Lipinski definition) is 2. The maximum absolute atomic E-state index is 10.4. The summed E-state index contributed by atoms with van der Waals surface area (Å²) < 4.78 is 29.2. The lowest BCUT2D eigenvalue weighted by Crippen LogP contribution is -1.96. The fraction of sp³-hybridized carbons (Fsp3) is 0.385. The molecule has 0 saturated carbocycles. The first-order valence-electron chi connectivity index (χ1n) is 5.61. The van der Waals surface area contributed by atoms with E-state index in [-0.39, 0.29) is 11.5 Å². The van der Waals surface area contributed by atoms with Crippen molar-refractivity contribution < 1.29 is 18.1 Å². The average Bonchev–Trinajstić information content (AvgIpc) is 2.36. The highest BCUT2D eigenvalue weighted by Crippen LogP contribution is 2.05. The summed E-state index contributed by atoms with van der Waals surface area (Å²) in [6, 6.07) is 7.42. The van der Waals surface area contributed by atoms with Gasteiger partial charge in [0, 0.05) is 6.42 Å². The van der Waals surface area contributed by atoms with E-state index in [0.29, 0.717) is 0 Å². The Bertz CT molecular complexity index is 469. The third kappa shape index (κ3) is 8.76. The van der Waals surface area contributed by atoms with Crippen LogP contribution in [0.15, 0.2) is 35.2 Å². The Morgan fingerprint density at radius 2 is 1.78 bits per heavy atom. The molecule has 0 aromatic heterocycles. The molecule has 0 unspecified atom stereocenters. The van der Waals surface area contributed by atoms with Gasteiger partial charge in [0.25, 0.3) is 10.1 Å². The highest BCUT2D eigenvalue weighted by Gasteiger charge is 2.05. The van der Waals surface area contributed by atoms with Gasteiger partial charge in [-0.15, -0.1) is 5.92 Å². The Morgan fingerprint density at radius 1 is 1.17 bits per heavy atom. The second kappa shape index (κ2) is 9.66. The Kier molecular flexibility index (Phi) is 8.93. The van der Waals surface area contributed by atoms with Crippen LogP contribution < -0.4 is 0 Å². The van der Waals surface area contributed by atoms with Crippen LogP contribution >= 0.6 is 0 Å². The van der Waals surface area contributed by atoms with Gasteiger partial charge in [0.1, 0.15) is 6.61 Å². The fourth-order valence-electron chi connectivity index (χ4n) is 1.00. The van der Waals surface area contributed by atoms with Crippen molar-refractivity contribution in [2.45, 2.75) is 31.1 Å². The molecule has 0 amide bonds. The van der Waals surface area contributed by atoms with Crippen LogP contribution in [0.2, 0.25) is 0 Å². The highest BCUT2D eigenvalue weighted by molar-refractivity contribution is 7.85. The van der Waals surface area contributed by atoms with E-state index in [1.54, 1.807) is 18.2 Å². The van der Waals surface area contributed by atoms with Crippen molar-refractivity contribution in [3.05, 3.63) is 30.3 Å². The van der Waals surface area contributed by atoms with Gasteiger partial charge >= 0.3 is 0 Å². The van der Waals surface area contributed by atoms with Crippen molar-refractivity contribution in [1.29, 1.82) is 0 Å². The molecule has 2 N–H and O–H groups in total. The summed E-state index contributed by atoms with van der Waals surface area (Å²) >= 11 is 0. The third-order valence-electron chi connectivity index (χ3n) is 1.90. The van der Waals surface area contributed by atoms with E-state index >= 15 is 0 Å². The normalized spacial score (nSPS) is 9.72. The molecule has 0 aliphatic carbocycles. The summed E-state index contributed by atoms with van der Waals surface area (Å²) in [5.41, 5.74) is 0. The van der Waals surface area contributed by atoms with Gasteiger partial charge in [0.2, 0.25) is 0 Å². The van der Waals surface area contributed by atoms with Crippen LogP contribution in [0.3, 0.4) is 0 Å². The number of aliphatic hydroxyl groups is 1. The molecule has 5 heteroatoms. The molecule has 0 heterocycles. The standard InChI is InChI=1S/C7H12O.C6H6O3S/c1-2-3-4-5-6-7-8;7-10(8,9)6-4-2-1-3-5-6/h8H,2-4,7H2,1H3;1-5H,(H,7,8,9). The topological polar surface area (TPSA) is 74.6 Å². The second-order valence-electron chi connectivity index (χ2n) is 3.40. The highest BCUT2D eigenvalue weighted by atomic mass is 32.2. The summed E-state index contributed by atoms with van der Waals surface area (Å²) in [7, 11) is -4.00. The summed E-state index contributed by atoms with van der Waals surface area (Å²) in [6.45, 7) is 2.13. The smallest absolute Gasteiger partial charge is 0.294 e. The monoisotopic (exact) mass is 270 g/mol. The zero-order valence-corrected chi connectivity index (χ0v) is 11.2. The van der Waals surface area contributed by atoms with Crippen molar-refractivity contribution in [3.63, 3.8) is 0 Å². The predicted octanol–water partition coefficient (Wildman–Crippen LogP) is 2.11. The number of benzene rings is 1. The molecule has 4 nitrogen and oxygen atoms in total. The van der Waals surface area contributed by atoms with Crippen LogP contribution in [0.25, 0.3) is 0 Å². The average molecular weight is 270 g/mol. The lowest BCUT2D eigenvalue weighted by Gasteiger charge is -1.92. The largest absolute Gasteiger partial charge is 0.384 e. The van der Waals surface area contributed by atoms with Crippen molar-refractivity contribution in [1.82, 2.24) is 0 Å². The Balaban J connectivity index is 0.000000331. The van der Waals surface area contributed by atoms with Crippen molar-refractivity contribution in [2.24, 2.45) is 0 Å². The van der Waals surface area contributed by atoms with Crippen molar-refractivity contribution >= 4 is 10.1 Å². The molecule has 0 radical (unpaired) electrons. The lowest BCUT2D eigenvalue weighted by molar-refractivity contribution is 0.350. The van der Waals surface area contributed by atoms with Crippen LogP contribution in [-0.4, -0.2) is 24.7 Å². The molecule has 18 heavy (non-hydrogen) atoms. The number of unbranched alkanes of at least 4 members (excludes halogenated alkanes) is 2. The minimum Gasteiger partial charge on any atom is -0.384 e. The number of aliphatic hydroxyl groups excluding tert-OH is 1. The summed E-state index contributed by atoms with van der Waals surface area (Å²) in [4.78, 5) is -0.0741. The van der Waals surface area contributed by atoms with E-state index in [1.165, 1.54) is 18.6 Å². The molecule has 0 aliphatic heterocycles. The number of rotatable bonds is 3. The van der Waals surface area contributed by atoms with Gasteiger partial charge in [-0.05, 0) is 18.6 Å². The fourth-order valence-corrected chi connectivity index (χ4v) is 1.50. The second-order valence-corrected chi connectivity index (χ2v) is 4.82. The molecule has 1 aromatic carbocycles. The zero-order valence-electron chi connectivity index (χ0n) is 10.3. The summed E-state index contributed by atoms with van der Waals surface area (Å²) in [5, 5.41) is 8.19. The predicted molar refractivity (Wildman–Crippen MR) is 70.6 cm³/mol. The van der Waals surface area contributed by atoms with E-state index < -0.39 is 10.1 Å². The third-order valence-corrected chi connectivity index (χ3v) is 2.77. The number of hydrogen-bond acceptors (Lipinski definition) is 3. The van der Waals surface area contributed by atoms with E-state index in [9.17, 15) is 8.42 Å². The Hall–Kier alpha value is -1.35. The molecular formula is C13H18O4S. The van der Waals surface area contributed by atoms with E-state index in [4.69, 9.17) is 9.66 Å². The molecule has 0 aliphatic rings. The van der Waals surface area contributed by atoms with Gasteiger partial charge in [-0.1, -0.05) is 37.5 Å². The maximum atomic E-state index is 10.4. The molecule has 0 saturated heterocycles. The van der Waals surface area contributed by atoms with E-state index in [1.807, 2.05) is 0 Å². The Labute approximate surface area is 108 Å². The van der Waals surface area contributed by atoms with Gasteiger partial charge in [0.05, 0.1) is 4.90 Å². The first-order valence-corrected chi connectivity index (χ1v) is 7.05. The SMILES string of the molecule is CCCCC#CCO.O=S(=O)(O)c1ccccc1. The van der Waals surface area contributed by atoms with Crippen molar-refractivity contribution in [3.8, 4) is 11.8 Å². The van der Waals surface area contributed by atoms with Gasteiger partial charge in [-0.3, -0.25) is 4.55 Å². The molecule has 1 aromatic rings.